The molecular weight excluding hydrogens is 228 g/mol. The van der Waals surface area contributed by atoms with Gasteiger partial charge in [-0.25, -0.2) is 15.0 Å². The van der Waals surface area contributed by atoms with E-state index in [4.69, 9.17) is 0 Å². The highest BCUT2D eigenvalue weighted by molar-refractivity contribution is 7.18. The van der Waals surface area contributed by atoms with Crippen molar-refractivity contribution in [3.8, 4) is 10.6 Å². The molecule has 0 N–H and O–H groups in total. The van der Waals surface area contributed by atoms with Crippen molar-refractivity contribution in [3.63, 3.8) is 0 Å². The van der Waals surface area contributed by atoms with Crippen LogP contribution in [0.5, 0.6) is 0 Å². The largest absolute Gasteiger partial charge is 0.243 e. The lowest BCUT2D eigenvalue weighted by molar-refractivity contribution is 1.31. The first kappa shape index (κ1) is 8.87. The van der Waals surface area contributed by atoms with Gasteiger partial charge in [-0.15, -0.1) is 0 Å². The second-order valence-corrected chi connectivity index (χ2v) is 4.99. The number of hydrogen-bond acceptors (Lipinski definition) is 6. The molecule has 0 aromatic carbocycles. The van der Waals surface area contributed by atoms with E-state index in [1.807, 2.05) is 19.2 Å². The average molecular weight is 234 g/mol. The summed E-state index contributed by atoms with van der Waals surface area (Å²) >= 11 is 2.97. The van der Waals surface area contributed by atoms with Crippen molar-refractivity contribution in [3.05, 3.63) is 23.6 Å². The van der Waals surface area contributed by atoms with Gasteiger partial charge in [0, 0.05) is 11.8 Å². The topological polar surface area (TPSA) is 51.6 Å². The molecule has 0 fully saturated rings. The molecule has 4 nitrogen and oxygen atoms in total. The van der Waals surface area contributed by atoms with Crippen LogP contribution in [0.3, 0.4) is 0 Å². The fraction of sp³-hybridized carbons (Fsp3) is 0.111. The maximum absolute atomic E-state index is 4.40. The standard InChI is InChI=1S/C9H6N4S2/c1-5-13-7-2-6(3-10-9(7)14-5)8-11-4-12-15-8/h2-4H,1H3. The van der Waals surface area contributed by atoms with Crippen LogP contribution < -0.4 is 0 Å². The van der Waals surface area contributed by atoms with Crippen LogP contribution in [0.2, 0.25) is 0 Å². The zero-order valence-corrected chi connectivity index (χ0v) is 9.47. The van der Waals surface area contributed by atoms with E-state index < -0.39 is 0 Å². The summed E-state index contributed by atoms with van der Waals surface area (Å²) in [6.07, 6.45) is 3.37. The van der Waals surface area contributed by atoms with E-state index in [0.29, 0.717) is 0 Å². The third kappa shape index (κ3) is 1.51. The van der Waals surface area contributed by atoms with Crippen LogP contribution in [0.25, 0.3) is 20.9 Å². The number of thiazole rings is 1. The summed E-state index contributed by atoms with van der Waals surface area (Å²) < 4.78 is 3.97. The lowest BCUT2D eigenvalue weighted by Gasteiger charge is -1.93. The van der Waals surface area contributed by atoms with Crippen LogP contribution in [0, 0.1) is 6.92 Å². The third-order valence-corrected chi connectivity index (χ3v) is 3.57. The van der Waals surface area contributed by atoms with E-state index in [2.05, 4.69) is 19.3 Å². The van der Waals surface area contributed by atoms with Crippen molar-refractivity contribution in [2.75, 3.05) is 0 Å². The molecule has 0 unspecified atom stereocenters. The first-order chi connectivity index (χ1) is 7.33. The molecule has 3 heterocycles. The monoisotopic (exact) mass is 234 g/mol. The molecule has 0 aliphatic carbocycles. The molecule has 6 heteroatoms. The van der Waals surface area contributed by atoms with Gasteiger partial charge < -0.3 is 0 Å². The summed E-state index contributed by atoms with van der Waals surface area (Å²) in [5, 5.41) is 1.92. The van der Waals surface area contributed by atoms with Crippen molar-refractivity contribution < 1.29 is 0 Å². The molecule has 0 aliphatic rings. The highest BCUT2D eigenvalue weighted by Gasteiger charge is 2.06. The molecule has 15 heavy (non-hydrogen) atoms. The molecule has 0 saturated heterocycles. The number of hydrogen-bond donors (Lipinski definition) is 0. The normalized spacial score (nSPS) is 11.0. The average Bonchev–Trinajstić information content (AvgIpc) is 2.82. The van der Waals surface area contributed by atoms with Crippen LogP contribution >= 0.6 is 22.9 Å². The Hall–Kier alpha value is -1.40. The SMILES string of the molecule is Cc1nc2cc(-c3ncns3)cnc2s1. The Morgan fingerprint density at radius 1 is 1.27 bits per heavy atom. The maximum Gasteiger partial charge on any atom is 0.145 e. The molecular formula is C9H6N4S2. The quantitative estimate of drug-likeness (QED) is 0.649. The summed E-state index contributed by atoms with van der Waals surface area (Å²) in [6.45, 7) is 1.98. The Balaban J connectivity index is 2.21. The fourth-order valence-electron chi connectivity index (χ4n) is 1.35. The summed E-state index contributed by atoms with van der Waals surface area (Å²) in [5.74, 6) is 0. The van der Waals surface area contributed by atoms with Gasteiger partial charge in [0.15, 0.2) is 0 Å². The molecule has 0 aliphatic heterocycles. The first-order valence-corrected chi connectivity index (χ1v) is 5.92. The van der Waals surface area contributed by atoms with E-state index >= 15 is 0 Å². The summed E-state index contributed by atoms with van der Waals surface area (Å²) in [4.78, 5) is 13.9. The minimum absolute atomic E-state index is 0.884. The minimum Gasteiger partial charge on any atom is -0.243 e. The number of rotatable bonds is 1. The summed E-state index contributed by atoms with van der Waals surface area (Å²) in [6, 6.07) is 2.01. The van der Waals surface area contributed by atoms with E-state index in [-0.39, 0.29) is 0 Å². The van der Waals surface area contributed by atoms with Crippen LogP contribution in [0.15, 0.2) is 18.6 Å². The molecule has 0 bridgehead atoms. The molecule has 0 radical (unpaired) electrons. The lowest BCUT2D eigenvalue weighted by Crippen LogP contribution is -1.79. The number of fused-ring (bicyclic) bond motifs is 1. The zero-order valence-electron chi connectivity index (χ0n) is 7.84. The summed E-state index contributed by atoms with van der Waals surface area (Å²) in [7, 11) is 0. The molecule has 0 amide bonds. The Morgan fingerprint density at radius 2 is 2.20 bits per heavy atom. The van der Waals surface area contributed by atoms with Gasteiger partial charge in [0.25, 0.3) is 0 Å². The summed E-state index contributed by atoms with van der Waals surface area (Å²) in [5.41, 5.74) is 1.92. The van der Waals surface area contributed by atoms with Gasteiger partial charge in [0.1, 0.15) is 21.7 Å². The third-order valence-electron chi connectivity index (χ3n) is 1.96. The Kier molecular flexibility index (Phi) is 1.96. The zero-order chi connectivity index (χ0) is 10.3. The van der Waals surface area contributed by atoms with E-state index in [9.17, 15) is 0 Å². The van der Waals surface area contributed by atoms with Crippen LogP contribution in [0.1, 0.15) is 5.01 Å². The van der Waals surface area contributed by atoms with Crippen molar-refractivity contribution in [1.82, 2.24) is 19.3 Å². The number of aromatic nitrogens is 4. The van der Waals surface area contributed by atoms with Crippen molar-refractivity contribution in [2.45, 2.75) is 6.92 Å². The van der Waals surface area contributed by atoms with E-state index in [1.165, 1.54) is 11.5 Å². The molecule has 3 aromatic rings. The lowest BCUT2D eigenvalue weighted by atomic mass is 10.3. The van der Waals surface area contributed by atoms with E-state index in [1.54, 1.807) is 17.7 Å². The number of nitrogens with zero attached hydrogens (tertiary/aromatic N) is 4. The molecule has 74 valence electrons. The van der Waals surface area contributed by atoms with Crippen molar-refractivity contribution in [2.24, 2.45) is 0 Å². The number of aryl methyl sites for hydroxylation is 1. The van der Waals surface area contributed by atoms with Gasteiger partial charge in [-0.3, -0.25) is 0 Å². The van der Waals surface area contributed by atoms with Gasteiger partial charge in [-0.2, -0.15) is 4.37 Å². The first-order valence-electron chi connectivity index (χ1n) is 4.33. The minimum atomic E-state index is 0.884. The highest BCUT2D eigenvalue weighted by Crippen LogP contribution is 2.25. The van der Waals surface area contributed by atoms with Crippen molar-refractivity contribution >= 4 is 33.2 Å². The van der Waals surface area contributed by atoms with Gasteiger partial charge in [0.05, 0.1) is 5.01 Å². The van der Waals surface area contributed by atoms with Gasteiger partial charge in [-0.05, 0) is 24.5 Å². The number of pyridine rings is 1. The molecule has 0 atom stereocenters. The molecule has 3 rings (SSSR count). The Bertz CT molecular complexity index is 600. The maximum atomic E-state index is 4.40. The Labute approximate surface area is 93.8 Å². The van der Waals surface area contributed by atoms with Crippen LogP contribution in [-0.2, 0) is 0 Å². The fourth-order valence-corrected chi connectivity index (χ4v) is 2.59. The predicted molar refractivity (Wildman–Crippen MR) is 61.1 cm³/mol. The molecule has 0 saturated carbocycles. The van der Waals surface area contributed by atoms with E-state index in [0.717, 1.165) is 25.9 Å². The van der Waals surface area contributed by atoms with Gasteiger partial charge >= 0.3 is 0 Å². The van der Waals surface area contributed by atoms with Gasteiger partial charge in [-0.1, -0.05) is 11.3 Å². The van der Waals surface area contributed by atoms with Crippen molar-refractivity contribution in [1.29, 1.82) is 0 Å². The molecule has 0 spiro atoms. The second kappa shape index (κ2) is 3.32. The molecule has 3 aromatic heterocycles. The Morgan fingerprint density at radius 3 is 3.00 bits per heavy atom. The predicted octanol–water partition coefficient (Wildman–Crippen LogP) is 2.52. The second-order valence-electron chi connectivity index (χ2n) is 3.03. The smallest absolute Gasteiger partial charge is 0.145 e. The van der Waals surface area contributed by atoms with Crippen LogP contribution in [-0.4, -0.2) is 19.3 Å². The van der Waals surface area contributed by atoms with Crippen LogP contribution in [0.4, 0.5) is 0 Å². The van der Waals surface area contributed by atoms with Gasteiger partial charge in [0.2, 0.25) is 0 Å². The highest BCUT2D eigenvalue weighted by atomic mass is 32.1.